The van der Waals surface area contributed by atoms with Gasteiger partial charge in [-0.05, 0) is 25.1 Å². The third-order valence-electron chi connectivity index (χ3n) is 5.19. The van der Waals surface area contributed by atoms with E-state index in [0.717, 1.165) is 33.2 Å². The van der Waals surface area contributed by atoms with Crippen LogP contribution in [0.3, 0.4) is 0 Å². The number of carbonyl (C=O) groups excluding carboxylic acids is 1. The number of ether oxygens (including phenoxy) is 2. The first-order chi connectivity index (χ1) is 16.2. The van der Waals surface area contributed by atoms with Crippen LogP contribution in [0.5, 0.6) is 11.5 Å². The molecule has 1 aliphatic rings. The predicted octanol–water partition coefficient (Wildman–Crippen LogP) is 5.55. The van der Waals surface area contributed by atoms with Gasteiger partial charge in [0.2, 0.25) is 5.91 Å². The molecule has 1 amide bonds. The molecule has 0 fully saturated rings. The van der Waals surface area contributed by atoms with Crippen LogP contribution < -0.4 is 14.8 Å². The van der Waals surface area contributed by atoms with Crippen molar-refractivity contribution in [3.05, 3.63) is 78.4 Å². The third-order valence-corrected chi connectivity index (χ3v) is 6.17. The zero-order valence-electron chi connectivity index (χ0n) is 18.1. The number of aryl methyl sites for hydroxylation is 1. The lowest BCUT2D eigenvalue weighted by Crippen LogP contribution is -2.17. The Kier molecular flexibility index (Phi) is 6.04. The van der Waals surface area contributed by atoms with Gasteiger partial charge in [0.05, 0.1) is 11.4 Å². The second-order valence-corrected chi connectivity index (χ2v) is 8.66. The van der Waals surface area contributed by atoms with E-state index in [1.807, 2.05) is 54.6 Å². The smallest absolute Gasteiger partial charge is 0.234 e. The highest BCUT2D eigenvalue weighted by Crippen LogP contribution is 2.34. The van der Waals surface area contributed by atoms with Gasteiger partial charge >= 0.3 is 0 Å². The number of rotatable bonds is 6. The van der Waals surface area contributed by atoms with E-state index >= 15 is 0 Å². The molecule has 166 valence electrons. The van der Waals surface area contributed by atoms with Crippen molar-refractivity contribution in [3.8, 4) is 34.1 Å². The second kappa shape index (κ2) is 9.42. The molecular weight excluding hydrogens is 434 g/mol. The van der Waals surface area contributed by atoms with Gasteiger partial charge in [-0.1, -0.05) is 65.9 Å². The fraction of sp³-hybridized carbons (Fsp3) is 0.154. The van der Waals surface area contributed by atoms with E-state index in [9.17, 15) is 4.79 Å². The van der Waals surface area contributed by atoms with E-state index in [2.05, 4.69) is 29.4 Å². The minimum Gasteiger partial charge on any atom is -0.486 e. The van der Waals surface area contributed by atoms with Crippen molar-refractivity contribution in [2.45, 2.75) is 11.9 Å². The van der Waals surface area contributed by atoms with Crippen LogP contribution in [-0.4, -0.2) is 34.8 Å². The highest BCUT2D eigenvalue weighted by atomic mass is 32.2. The highest BCUT2D eigenvalue weighted by molar-refractivity contribution is 8.00. The van der Waals surface area contributed by atoms with E-state index in [4.69, 9.17) is 14.5 Å². The van der Waals surface area contributed by atoms with Crippen molar-refractivity contribution < 1.29 is 14.3 Å². The molecule has 2 N–H and O–H groups in total. The molecular formula is C26H23N3O3S. The van der Waals surface area contributed by atoms with Gasteiger partial charge in [0, 0.05) is 22.9 Å². The van der Waals surface area contributed by atoms with Crippen LogP contribution in [0.1, 0.15) is 5.56 Å². The van der Waals surface area contributed by atoms with Gasteiger partial charge in [0.15, 0.2) is 11.5 Å². The summed E-state index contributed by atoms with van der Waals surface area (Å²) < 4.78 is 11.1. The standard InChI is InChI=1S/C26H23N3O3S/c1-17-6-5-9-19(14-17)25-28-24(18-7-3-2-4-8-18)26(29-25)33-16-23(30)27-20-10-11-21-22(15-20)32-13-12-31-21/h2-11,14-15H,12-13,16H2,1H3,(H,27,30)(H,28,29). The van der Waals surface area contributed by atoms with Gasteiger partial charge in [0.1, 0.15) is 24.1 Å². The number of imidazole rings is 1. The molecule has 1 aliphatic heterocycles. The van der Waals surface area contributed by atoms with Crippen molar-refractivity contribution in [2.75, 3.05) is 24.3 Å². The molecule has 0 saturated heterocycles. The summed E-state index contributed by atoms with van der Waals surface area (Å²) in [4.78, 5) is 21.0. The van der Waals surface area contributed by atoms with Crippen LogP contribution in [0.4, 0.5) is 5.69 Å². The number of hydrogen-bond acceptors (Lipinski definition) is 5. The summed E-state index contributed by atoms with van der Waals surface area (Å²) in [5.74, 6) is 2.24. The largest absolute Gasteiger partial charge is 0.486 e. The van der Waals surface area contributed by atoms with Crippen molar-refractivity contribution in [1.29, 1.82) is 0 Å². The maximum absolute atomic E-state index is 12.7. The Balaban J connectivity index is 1.34. The molecule has 0 radical (unpaired) electrons. The number of hydrogen-bond donors (Lipinski definition) is 2. The lowest BCUT2D eigenvalue weighted by Gasteiger charge is -2.18. The Morgan fingerprint density at radius 3 is 2.58 bits per heavy atom. The molecule has 0 bridgehead atoms. The van der Waals surface area contributed by atoms with Crippen molar-refractivity contribution in [2.24, 2.45) is 0 Å². The van der Waals surface area contributed by atoms with Gasteiger partial charge in [-0.15, -0.1) is 0 Å². The molecule has 4 aromatic rings. The van der Waals surface area contributed by atoms with E-state index in [-0.39, 0.29) is 11.7 Å². The molecule has 0 spiro atoms. The minimum absolute atomic E-state index is 0.115. The number of benzene rings is 3. The van der Waals surface area contributed by atoms with Crippen LogP contribution in [0.15, 0.2) is 77.8 Å². The third kappa shape index (κ3) is 4.88. The number of amides is 1. The fourth-order valence-electron chi connectivity index (χ4n) is 3.64. The first kappa shape index (κ1) is 21.2. The molecule has 6 nitrogen and oxygen atoms in total. The lowest BCUT2D eigenvalue weighted by atomic mass is 10.1. The van der Waals surface area contributed by atoms with Crippen LogP contribution in [-0.2, 0) is 4.79 Å². The molecule has 5 rings (SSSR count). The Hall–Kier alpha value is -3.71. The Morgan fingerprint density at radius 1 is 0.970 bits per heavy atom. The zero-order valence-corrected chi connectivity index (χ0v) is 18.9. The quantitative estimate of drug-likeness (QED) is 0.371. The number of nitrogens with zero attached hydrogens (tertiary/aromatic N) is 1. The SMILES string of the molecule is Cc1cccc(-c2nc(SCC(=O)Nc3ccc4c(c3)OCCO4)c(-c3ccccc3)[nH]2)c1. The van der Waals surface area contributed by atoms with E-state index in [1.54, 1.807) is 6.07 Å². The Labute approximate surface area is 196 Å². The molecule has 0 atom stereocenters. The van der Waals surface area contributed by atoms with Gasteiger partial charge in [-0.25, -0.2) is 4.98 Å². The highest BCUT2D eigenvalue weighted by Gasteiger charge is 2.17. The molecule has 0 saturated carbocycles. The monoisotopic (exact) mass is 457 g/mol. The van der Waals surface area contributed by atoms with Crippen LogP contribution in [0, 0.1) is 6.92 Å². The van der Waals surface area contributed by atoms with Gasteiger partial charge < -0.3 is 19.8 Å². The lowest BCUT2D eigenvalue weighted by molar-refractivity contribution is -0.113. The average molecular weight is 458 g/mol. The number of thioether (sulfide) groups is 1. The number of anilines is 1. The van der Waals surface area contributed by atoms with Crippen molar-refractivity contribution in [3.63, 3.8) is 0 Å². The van der Waals surface area contributed by atoms with Crippen molar-refractivity contribution in [1.82, 2.24) is 9.97 Å². The first-order valence-corrected chi connectivity index (χ1v) is 11.7. The van der Waals surface area contributed by atoms with Crippen LogP contribution in [0.25, 0.3) is 22.6 Å². The summed E-state index contributed by atoms with van der Waals surface area (Å²) in [5.41, 5.74) is 4.79. The molecule has 1 aromatic heterocycles. The summed E-state index contributed by atoms with van der Waals surface area (Å²) in [5, 5.41) is 3.72. The number of nitrogens with one attached hydrogen (secondary N) is 2. The molecule has 2 heterocycles. The number of aromatic nitrogens is 2. The van der Waals surface area contributed by atoms with E-state index < -0.39 is 0 Å². The summed E-state index contributed by atoms with van der Waals surface area (Å²) in [6.45, 7) is 3.10. The number of aromatic amines is 1. The van der Waals surface area contributed by atoms with E-state index in [0.29, 0.717) is 30.4 Å². The van der Waals surface area contributed by atoms with Gasteiger partial charge in [-0.2, -0.15) is 0 Å². The van der Waals surface area contributed by atoms with Crippen molar-refractivity contribution >= 4 is 23.4 Å². The molecule has 0 aliphatic carbocycles. The Morgan fingerprint density at radius 2 is 1.76 bits per heavy atom. The normalized spacial score (nSPS) is 12.4. The summed E-state index contributed by atoms with van der Waals surface area (Å²) in [6.07, 6.45) is 0. The predicted molar refractivity (Wildman–Crippen MR) is 131 cm³/mol. The molecule has 3 aromatic carbocycles. The topological polar surface area (TPSA) is 76.2 Å². The van der Waals surface area contributed by atoms with Gasteiger partial charge in [-0.3, -0.25) is 4.79 Å². The van der Waals surface area contributed by atoms with E-state index in [1.165, 1.54) is 11.8 Å². The first-order valence-electron chi connectivity index (χ1n) is 10.7. The van der Waals surface area contributed by atoms with Crippen LogP contribution >= 0.6 is 11.8 Å². The Bertz CT molecular complexity index is 1290. The summed E-state index contributed by atoms with van der Waals surface area (Å²) in [7, 11) is 0. The number of fused-ring (bicyclic) bond motifs is 1. The van der Waals surface area contributed by atoms with Crippen LogP contribution in [0.2, 0.25) is 0 Å². The van der Waals surface area contributed by atoms with Gasteiger partial charge in [0.25, 0.3) is 0 Å². The number of carbonyl (C=O) groups is 1. The summed E-state index contributed by atoms with van der Waals surface area (Å²) in [6, 6.07) is 23.6. The molecule has 0 unspecified atom stereocenters. The second-order valence-electron chi connectivity index (χ2n) is 7.70. The summed E-state index contributed by atoms with van der Waals surface area (Å²) >= 11 is 1.41. The molecule has 33 heavy (non-hydrogen) atoms. The fourth-order valence-corrected chi connectivity index (χ4v) is 4.45. The minimum atomic E-state index is -0.115. The maximum atomic E-state index is 12.7. The zero-order chi connectivity index (χ0) is 22.6. The average Bonchev–Trinajstić information content (AvgIpc) is 3.28. The number of H-pyrrole nitrogens is 1. The molecule has 7 heteroatoms. The maximum Gasteiger partial charge on any atom is 0.234 e.